The molecule has 0 fully saturated rings. The van der Waals surface area contributed by atoms with Crippen LogP contribution in [0.25, 0.3) is 5.82 Å². The van der Waals surface area contributed by atoms with Crippen molar-refractivity contribution in [3.8, 4) is 5.82 Å². The lowest BCUT2D eigenvalue weighted by atomic mass is 9.92. The molecule has 0 saturated carbocycles. The van der Waals surface area contributed by atoms with Gasteiger partial charge in [0.2, 0.25) is 0 Å². The Bertz CT molecular complexity index is 525. The molecular formula is C12H15ClN4. The predicted molar refractivity (Wildman–Crippen MR) is 69.5 cm³/mol. The van der Waals surface area contributed by atoms with Crippen molar-refractivity contribution in [3.05, 3.63) is 35.1 Å². The Morgan fingerprint density at radius 1 is 1.29 bits per heavy atom. The molecule has 2 N–H and O–H groups in total. The van der Waals surface area contributed by atoms with Crippen LogP contribution in [0.15, 0.2) is 24.4 Å². The highest BCUT2D eigenvalue weighted by Crippen LogP contribution is 2.33. The fourth-order valence-corrected chi connectivity index (χ4v) is 1.95. The first-order chi connectivity index (χ1) is 7.91. The van der Waals surface area contributed by atoms with E-state index in [1.54, 1.807) is 10.9 Å². The van der Waals surface area contributed by atoms with Crippen molar-refractivity contribution >= 4 is 17.4 Å². The van der Waals surface area contributed by atoms with Crippen molar-refractivity contribution in [1.82, 2.24) is 14.8 Å². The van der Waals surface area contributed by atoms with Gasteiger partial charge in [-0.2, -0.15) is 9.78 Å². The van der Waals surface area contributed by atoms with E-state index in [1.807, 2.05) is 39.0 Å². The summed E-state index contributed by atoms with van der Waals surface area (Å²) in [4.78, 5) is 4.21. The van der Waals surface area contributed by atoms with Gasteiger partial charge in [-0.15, -0.1) is 0 Å². The number of hydrogen-bond acceptors (Lipinski definition) is 3. The lowest BCUT2D eigenvalue weighted by molar-refractivity contribution is 0.560. The highest BCUT2D eigenvalue weighted by Gasteiger charge is 2.25. The predicted octanol–water partition coefficient (Wildman–Crippen LogP) is 2.80. The molecule has 2 aromatic rings. The Balaban J connectivity index is 2.59. The molecule has 17 heavy (non-hydrogen) atoms. The van der Waals surface area contributed by atoms with Crippen LogP contribution in [-0.4, -0.2) is 14.8 Å². The minimum absolute atomic E-state index is 0.148. The highest BCUT2D eigenvalue weighted by molar-refractivity contribution is 6.33. The first-order valence-electron chi connectivity index (χ1n) is 5.37. The molecule has 0 saturated heterocycles. The van der Waals surface area contributed by atoms with E-state index in [2.05, 4.69) is 10.1 Å². The van der Waals surface area contributed by atoms with Crippen LogP contribution >= 0.6 is 11.6 Å². The van der Waals surface area contributed by atoms with E-state index < -0.39 is 0 Å². The van der Waals surface area contributed by atoms with Crippen LogP contribution in [0.3, 0.4) is 0 Å². The van der Waals surface area contributed by atoms with Crippen LogP contribution in [0.1, 0.15) is 26.5 Å². The summed E-state index contributed by atoms with van der Waals surface area (Å²) < 4.78 is 1.57. The molecule has 0 amide bonds. The van der Waals surface area contributed by atoms with Crippen molar-refractivity contribution < 1.29 is 0 Å². The van der Waals surface area contributed by atoms with E-state index in [1.165, 1.54) is 0 Å². The van der Waals surface area contributed by atoms with Crippen LogP contribution < -0.4 is 5.73 Å². The van der Waals surface area contributed by atoms with Gasteiger partial charge in [0, 0.05) is 11.6 Å². The van der Waals surface area contributed by atoms with Crippen molar-refractivity contribution in [2.24, 2.45) is 0 Å². The molecule has 4 nitrogen and oxygen atoms in total. The number of rotatable bonds is 1. The Hall–Kier alpha value is -1.55. The fourth-order valence-electron chi connectivity index (χ4n) is 1.54. The summed E-state index contributed by atoms with van der Waals surface area (Å²) in [5, 5.41) is 4.95. The average Bonchev–Trinajstić information content (AvgIpc) is 2.57. The van der Waals surface area contributed by atoms with Crippen molar-refractivity contribution in [2.45, 2.75) is 26.2 Å². The molecule has 2 heterocycles. The standard InChI is InChI=1S/C12H15ClN4/c1-12(2,3)10-9(13)11(14)17(16-10)8-6-4-5-7-15-8/h4-7H,14H2,1-3H3. The largest absolute Gasteiger partial charge is 0.382 e. The lowest BCUT2D eigenvalue weighted by Crippen LogP contribution is -2.13. The normalized spacial score (nSPS) is 11.8. The highest BCUT2D eigenvalue weighted by atomic mass is 35.5. The minimum Gasteiger partial charge on any atom is -0.382 e. The van der Waals surface area contributed by atoms with Crippen LogP contribution in [0.4, 0.5) is 5.82 Å². The zero-order valence-electron chi connectivity index (χ0n) is 10.1. The van der Waals surface area contributed by atoms with Gasteiger partial charge in [-0.3, -0.25) is 0 Å². The lowest BCUT2D eigenvalue weighted by Gasteiger charge is -2.14. The van der Waals surface area contributed by atoms with Gasteiger partial charge < -0.3 is 5.73 Å². The Morgan fingerprint density at radius 2 is 2.00 bits per heavy atom. The van der Waals surface area contributed by atoms with Crippen LogP contribution in [0.5, 0.6) is 0 Å². The number of nitrogen functional groups attached to an aromatic ring is 1. The van der Waals surface area contributed by atoms with Gasteiger partial charge in [0.05, 0.1) is 5.69 Å². The molecule has 0 atom stereocenters. The van der Waals surface area contributed by atoms with E-state index in [0.717, 1.165) is 5.69 Å². The van der Waals surface area contributed by atoms with Gasteiger partial charge >= 0.3 is 0 Å². The molecule has 0 radical (unpaired) electrons. The third-order valence-electron chi connectivity index (χ3n) is 2.44. The number of nitrogens with two attached hydrogens (primary N) is 1. The van der Waals surface area contributed by atoms with E-state index in [9.17, 15) is 0 Å². The van der Waals surface area contributed by atoms with Gasteiger partial charge in [0.1, 0.15) is 10.8 Å². The summed E-state index contributed by atoms with van der Waals surface area (Å²) in [6, 6.07) is 5.57. The second kappa shape index (κ2) is 4.04. The zero-order chi connectivity index (χ0) is 12.6. The maximum atomic E-state index is 6.21. The topological polar surface area (TPSA) is 56.7 Å². The van der Waals surface area contributed by atoms with Crippen LogP contribution in [-0.2, 0) is 5.41 Å². The number of aromatic nitrogens is 3. The molecule has 0 unspecified atom stereocenters. The van der Waals surface area contributed by atoms with Gasteiger partial charge in [-0.05, 0) is 12.1 Å². The van der Waals surface area contributed by atoms with Crippen LogP contribution in [0.2, 0.25) is 5.02 Å². The molecule has 90 valence electrons. The molecule has 0 aromatic carbocycles. The summed E-state index contributed by atoms with van der Waals surface area (Å²) >= 11 is 6.21. The summed E-state index contributed by atoms with van der Waals surface area (Å²) in [6.45, 7) is 6.14. The third-order valence-corrected chi connectivity index (χ3v) is 2.81. The Labute approximate surface area is 105 Å². The van der Waals surface area contributed by atoms with Crippen LogP contribution in [0, 0.1) is 0 Å². The minimum atomic E-state index is -0.148. The van der Waals surface area contributed by atoms with Crippen molar-refractivity contribution in [1.29, 1.82) is 0 Å². The molecule has 2 aromatic heterocycles. The van der Waals surface area contributed by atoms with Crippen molar-refractivity contribution in [3.63, 3.8) is 0 Å². The van der Waals surface area contributed by atoms with Gasteiger partial charge in [-0.1, -0.05) is 38.4 Å². The first-order valence-corrected chi connectivity index (χ1v) is 5.75. The SMILES string of the molecule is CC(C)(C)c1nn(-c2ccccn2)c(N)c1Cl. The molecule has 0 aliphatic rings. The molecule has 0 bridgehead atoms. The fraction of sp³-hybridized carbons (Fsp3) is 0.333. The summed E-state index contributed by atoms with van der Waals surface area (Å²) in [7, 11) is 0. The Kier molecular flexibility index (Phi) is 2.83. The third kappa shape index (κ3) is 2.13. The van der Waals surface area contributed by atoms with Crippen molar-refractivity contribution in [2.75, 3.05) is 5.73 Å². The van der Waals surface area contributed by atoms with E-state index in [-0.39, 0.29) is 5.41 Å². The quantitative estimate of drug-likeness (QED) is 0.847. The summed E-state index contributed by atoms with van der Waals surface area (Å²) in [6.07, 6.45) is 1.70. The Morgan fingerprint density at radius 3 is 2.47 bits per heavy atom. The van der Waals surface area contributed by atoms with Gasteiger partial charge in [0.25, 0.3) is 0 Å². The number of pyridine rings is 1. The molecule has 0 spiro atoms. The van der Waals surface area contributed by atoms with E-state index in [4.69, 9.17) is 17.3 Å². The smallest absolute Gasteiger partial charge is 0.155 e. The first kappa shape index (κ1) is 11.9. The molecule has 0 aliphatic heterocycles. The monoisotopic (exact) mass is 250 g/mol. The average molecular weight is 251 g/mol. The van der Waals surface area contributed by atoms with E-state index in [0.29, 0.717) is 16.7 Å². The van der Waals surface area contributed by atoms with Gasteiger partial charge in [0.15, 0.2) is 5.82 Å². The zero-order valence-corrected chi connectivity index (χ0v) is 10.9. The van der Waals surface area contributed by atoms with Gasteiger partial charge in [-0.25, -0.2) is 4.98 Å². The number of nitrogens with zero attached hydrogens (tertiary/aromatic N) is 3. The summed E-state index contributed by atoms with van der Waals surface area (Å²) in [5.41, 5.74) is 6.59. The number of anilines is 1. The van der Waals surface area contributed by atoms with E-state index >= 15 is 0 Å². The molecule has 5 heteroatoms. The molecule has 2 rings (SSSR count). The second-order valence-corrected chi connectivity index (χ2v) is 5.28. The maximum absolute atomic E-state index is 6.21. The molecule has 0 aliphatic carbocycles. The maximum Gasteiger partial charge on any atom is 0.155 e. The number of hydrogen-bond donors (Lipinski definition) is 1. The second-order valence-electron chi connectivity index (χ2n) is 4.90. The summed E-state index contributed by atoms with van der Waals surface area (Å²) in [5.74, 6) is 1.10. The molecular weight excluding hydrogens is 236 g/mol. The number of halogens is 1.